The molecule has 0 saturated carbocycles. The highest BCUT2D eigenvalue weighted by Crippen LogP contribution is 2.48. The minimum absolute atomic E-state index is 0.143. The van der Waals surface area contributed by atoms with Crippen LogP contribution in [0.5, 0.6) is 17.2 Å². The Kier molecular flexibility index (Phi) is 5.83. The zero-order valence-electron chi connectivity index (χ0n) is 11.5. The lowest BCUT2D eigenvalue weighted by atomic mass is 10.1. The summed E-state index contributed by atoms with van der Waals surface area (Å²) in [7, 11) is 4.79. The largest absolute Gasteiger partial charge is 0.493 e. The normalized spacial score (nSPS) is 18.1. The fourth-order valence-electron chi connectivity index (χ4n) is 1.84. The van der Waals surface area contributed by atoms with Gasteiger partial charge in [-0.15, -0.1) is 11.8 Å². The third kappa shape index (κ3) is 3.52. The molecular formula is C13H16O4S3. The predicted molar refractivity (Wildman–Crippen MR) is 87.4 cm³/mol. The highest BCUT2D eigenvalue weighted by molar-refractivity contribution is 8.49. The van der Waals surface area contributed by atoms with E-state index in [0.717, 1.165) is 14.8 Å². The van der Waals surface area contributed by atoms with Crippen LogP contribution in [0.3, 0.4) is 0 Å². The van der Waals surface area contributed by atoms with E-state index in [2.05, 4.69) is 0 Å². The van der Waals surface area contributed by atoms with Crippen LogP contribution in [0.1, 0.15) is 10.8 Å². The van der Waals surface area contributed by atoms with Crippen molar-refractivity contribution in [1.82, 2.24) is 0 Å². The molecule has 1 aromatic rings. The Morgan fingerprint density at radius 3 is 2.30 bits per heavy atom. The number of thioether (sulfide) groups is 2. The zero-order chi connectivity index (χ0) is 14.5. The first kappa shape index (κ1) is 15.8. The topological polar surface area (TPSA) is 36.9 Å². The van der Waals surface area contributed by atoms with Gasteiger partial charge in [-0.1, -0.05) is 24.0 Å². The molecule has 0 spiro atoms. The highest BCUT2D eigenvalue weighted by atomic mass is 32.2. The lowest BCUT2D eigenvalue weighted by Crippen LogP contribution is -2.04. The van der Waals surface area contributed by atoms with Crippen LogP contribution in [0.2, 0.25) is 0 Å². The van der Waals surface area contributed by atoms with Crippen LogP contribution in [0.25, 0.3) is 0 Å². The van der Waals surface area contributed by atoms with Crippen LogP contribution in [-0.2, 0) is 4.74 Å². The smallest absolute Gasteiger partial charge is 0.206 e. The molecule has 1 heterocycles. The minimum Gasteiger partial charge on any atom is -0.493 e. The van der Waals surface area contributed by atoms with Crippen LogP contribution in [-0.4, -0.2) is 37.4 Å². The lowest BCUT2D eigenvalue weighted by molar-refractivity contribution is 0.0471. The van der Waals surface area contributed by atoms with Gasteiger partial charge in [-0.3, -0.25) is 0 Å². The third-order valence-corrected chi connectivity index (χ3v) is 5.91. The Hall–Kier alpha value is -0.630. The van der Waals surface area contributed by atoms with E-state index < -0.39 is 0 Å². The summed E-state index contributed by atoms with van der Waals surface area (Å²) in [6.07, 6.45) is 0. The monoisotopic (exact) mass is 332 g/mol. The van der Waals surface area contributed by atoms with Gasteiger partial charge in [0.25, 0.3) is 0 Å². The van der Waals surface area contributed by atoms with E-state index in [1.165, 1.54) is 0 Å². The van der Waals surface area contributed by atoms with Gasteiger partial charge in [0.1, 0.15) is 3.53 Å². The van der Waals surface area contributed by atoms with Crippen molar-refractivity contribution in [1.29, 1.82) is 0 Å². The van der Waals surface area contributed by atoms with Gasteiger partial charge in [-0.25, -0.2) is 0 Å². The van der Waals surface area contributed by atoms with E-state index in [4.69, 9.17) is 31.2 Å². The average molecular weight is 332 g/mol. The molecule has 0 aliphatic carbocycles. The lowest BCUT2D eigenvalue weighted by Gasteiger charge is -2.17. The van der Waals surface area contributed by atoms with E-state index in [9.17, 15) is 0 Å². The Morgan fingerprint density at radius 1 is 1.20 bits per heavy atom. The molecule has 1 fully saturated rings. The minimum atomic E-state index is 0.143. The summed E-state index contributed by atoms with van der Waals surface area (Å²) in [5.74, 6) is 2.80. The second-order valence-corrected chi connectivity index (χ2v) is 7.40. The van der Waals surface area contributed by atoms with Gasteiger partial charge in [0.05, 0.1) is 14.2 Å². The van der Waals surface area contributed by atoms with E-state index in [1.807, 2.05) is 12.1 Å². The molecule has 1 unspecified atom stereocenters. The number of ether oxygens (including phenoxy) is 4. The van der Waals surface area contributed by atoms with Crippen LogP contribution >= 0.6 is 35.7 Å². The molecule has 1 aliphatic rings. The molecule has 7 heteroatoms. The van der Waals surface area contributed by atoms with Crippen LogP contribution in [0, 0.1) is 0 Å². The fourth-order valence-corrected chi connectivity index (χ4v) is 4.68. The molecule has 0 amide bonds. The standard InChI is InChI=1S/C13H16O4S3/c1-14-7-17-12-9(15-2)4-8(5-10(12)16-3)11-6-19-13(18)20-11/h4-5,11H,6-7H2,1-3H3. The number of benzene rings is 1. The van der Waals surface area contributed by atoms with Crippen LogP contribution in [0.4, 0.5) is 0 Å². The first-order valence-electron chi connectivity index (χ1n) is 5.90. The number of rotatable bonds is 6. The second kappa shape index (κ2) is 7.40. The van der Waals surface area contributed by atoms with Crippen LogP contribution < -0.4 is 14.2 Å². The summed E-state index contributed by atoms with van der Waals surface area (Å²) in [6.45, 7) is 0.143. The van der Waals surface area contributed by atoms with E-state index in [1.54, 1.807) is 44.9 Å². The van der Waals surface area contributed by atoms with Crippen molar-refractivity contribution in [3.8, 4) is 17.2 Å². The van der Waals surface area contributed by atoms with Crippen molar-refractivity contribution in [2.45, 2.75) is 5.25 Å². The molecule has 1 aromatic carbocycles. The van der Waals surface area contributed by atoms with Crippen molar-refractivity contribution >= 4 is 39.3 Å². The van der Waals surface area contributed by atoms with Gasteiger partial charge in [0.15, 0.2) is 18.3 Å². The van der Waals surface area contributed by atoms with E-state index in [0.29, 0.717) is 22.5 Å². The molecule has 0 aromatic heterocycles. The summed E-state index contributed by atoms with van der Waals surface area (Å²) in [4.78, 5) is 0. The summed E-state index contributed by atoms with van der Waals surface area (Å²) < 4.78 is 22.2. The average Bonchev–Trinajstić information content (AvgIpc) is 2.90. The SMILES string of the molecule is COCOc1c(OC)cc(C2CSC(=S)S2)cc1OC. The summed E-state index contributed by atoms with van der Waals surface area (Å²) in [6, 6.07) is 3.94. The summed E-state index contributed by atoms with van der Waals surface area (Å²) in [5.41, 5.74) is 1.13. The first-order chi connectivity index (χ1) is 9.69. The van der Waals surface area contributed by atoms with Crippen molar-refractivity contribution < 1.29 is 18.9 Å². The van der Waals surface area contributed by atoms with E-state index >= 15 is 0 Å². The van der Waals surface area contributed by atoms with Gasteiger partial charge < -0.3 is 18.9 Å². The molecule has 2 rings (SSSR count). The Bertz CT molecular complexity index is 467. The third-order valence-electron chi connectivity index (χ3n) is 2.77. The van der Waals surface area contributed by atoms with Crippen molar-refractivity contribution in [3.63, 3.8) is 0 Å². The zero-order valence-corrected chi connectivity index (χ0v) is 14.0. The number of hydrogen-bond acceptors (Lipinski definition) is 7. The molecule has 4 nitrogen and oxygen atoms in total. The molecule has 20 heavy (non-hydrogen) atoms. The summed E-state index contributed by atoms with van der Waals surface area (Å²) in [5, 5.41) is 0.326. The van der Waals surface area contributed by atoms with Crippen molar-refractivity contribution in [2.24, 2.45) is 0 Å². The van der Waals surface area contributed by atoms with Crippen LogP contribution in [0.15, 0.2) is 12.1 Å². The van der Waals surface area contributed by atoms with Gasteiger partial charge in [0.2, 0.25) is 5.75 Å². The summed E-state index contributed by atoms with van der Waals surface area (Å²) >= 11 is 8.63. The Labute approximate surface area is 132 Å². The number of methoxy groups -OCH3 is 3. The Balaban J connectivity index is 2.33. The fraction of sp³-hybridized carbons (Fsp3) is 0.462. The molecule has 1 atom stereocenters. The van der Waals surface area contributed by atoms with Gasteiger partial charge in [0, 0.05) is 18.1 Å². The molecule has 0 N–H and O–H groups in total. The maximum Gasteiger partial charge on any atom is 0.206 e. The van der Waals surface area contributed by atoms with Gasteiger partial charge in [-0.05, 0) is 17.7 Å². The molecule has 1 aliphatic heterocycles. The maximum absolute atomic E-state index is 5.53. The first-order valence-corrected chi connectivity index (χ1v) is 8.18. The second-order valence-electron chi connectivity index (χ2n) is 3.97. The molecule has 110 valence electrons. The van der Waals surface area contributed by atoms with Crippen molar-refractivity contribution in [2.75, 3.05) is 33.9 Å². The number of thiocarbonyl (C=S) groups is 1. The van der Waals surface area contributed by atoms with Gasteiger partial charge in [-0.2, -0.15) is 0 Å². The van der Waals surface area contributed by atoms with Gasteiger partial charge >= 0.3 is 0 Å². The molecule has 1 saturated heterocycles. The van der Waals surface area contributed by atoms with Crippen molar-refractivity contribution in [3.05, 3.63) is 17.7 Å². The maximum atomic E-state index is 5.53. The quantitative estimate of drug-likeness (QED) is 0.583. The molecule has 0 radical (unpaired) electrons. The predicted octanol–water partition coefficient (Wildman–Crippen LogP) is 3.49. The highest BCUT2D eigenvalue weighted by Gasteiger charge is 2.25. The number of hydrogen-bond donors (Lipinski definition) is 0. The Morgan fingerprint density at radius 2 is 1.85 bits per heavy atom. The van der Waals surface area contributed by atoms with E-state index in [-0.39, 0.29) is 6.79 Å². The molecule has 0 bridgehead atoms. The molecular weight excluding hydrogens is 316 g/mol.